The van der Waals surface area contributed by atoms with E-state index < -0.39 is 14.0 Å². The second-order valence-electron chi connectivity index (χ2n) is 6.18. The highest BCUT2D eigenvalue weighted by atomic mass is 28.3. The fourth-order valence-corrected chi connectivity index (χ4v) is 3.33. The lowest BCUT2D eigenvalue weighted by molar-refractivity contribution is -0.138. The van der Waals surface area contributed by atoms with Crippen LogP contribution in [-0.4, -0.2) is 31.7 Å². The van der Waals surface area contributed by atoms with Crippen molar-refractivity contribution in [2.75, 3.05) is 6.61 Å². The lowest BCUT2D eigenvalue weighted by Gasteiger charge is -2.17. The van der Waals surface area contributed by atoms with Gasteiger partial charge in [0.25, 0.3) is 0 Å². The molecule has 0 aromatic rings. The summed E-state index contributed by atoms with van der Waals surface area (Å²) in [6.45, 7) is 8.91. The van der Waals surface area contributed by atoms with Crippen LogP contribution in [-0.2, 0) is 14.3 Å². The molecule has 0 spiro atoms. The van der Waals surface area contributed by atoms with E-state index in [-0.39, 0.29) is 12.4 Å². The molecule has 20 heavy (non-hydrogen) atoms. The summed E-state index contributed by atoms with van der Waals surface area (Å²) < 4.78 is 5.10. The van der Waals surface area contributed by atoms with E-state index in [0.717, 1.165) is 30.9 Å². The highest BCUT2D eigenvalue weighted by Crippen LogP contribution is 2.19. The zero-order valence-corrected chi connectivity index (χ0v) is 14.2. The standard InChI is InChI=1S/C15H28O4Si/c1-5-19-15(18)13(12-20(2,3)4)10-8-6-7-9-11-14(16)17/h10H,5-9,11-12H2,1-4H3,(H,16,17)/b13-10+. The van der Waals surface area contributed by atoms with Gasteiger partial charge >= 0.3 is 11.9 Å². The highest BCUT2D eigenvalue weighted by Gasteiger charge is 2.20. The minimum absolute atomic E-state index is 0.194. The van der Waals surface area contributed by atoms with E-state index in [1.165, 1.54) is 0 Å². The van der Waals surface area contributed by atoms with Crippen molar-refractivity contribution in [3.63, 3.8) is 0 Å². The van der Waals surface area contributed by atoms with Gasteiger partial charge in [0.15, 0.2) is 0 Å². The molecule has 116 valence electrons. The molecule has 4 nitrogen and oxygen atoms in total. The summed E-state index contributed by atoms with van der Waals surface area (Å²) in [6, 6.07) is 0.834. The average Bonchev–Trinajstić information content (AvgIpc) is 2.30. The molecule has 0 radical (unpaired) electrons. The Morgan fingerprint density at radius 1 is 1.15 bits per heavy atom. The zero-order valence-electron chi connectivity index (χ0n) is 13.2. The van der Waals surface area contributed by atoms with Gasteiger partial charge < -0.3 is 9.84 Å². The molecule has 0 aromatic carbocycles. The van der Waals surface area contributed by atoms with Crippen molar-refractivity contribution in [3.8, 4) is 0 Å². The number of unbranched alkanes of at least 4 members (excludes halogenated alkanes) is 3. The van der Waals surface area contributed by atoms with Crippen LogP contribution >= 0.6 is 0 Å². The molecule has 0 saturated heterocycles. The summed E-state index contributed by atoms with van der Waals surface area (Å²) in [5.41, 5.74) is 0.796. The van der Waals surface area contributed by atoms with Gasteiger partial charge in [-0.15, -0.1) is 0 Å². The van der Waals surface area contributed by atoms with Crippen LogP contribution in [0.25, 0.3) is 0 Å². The number of esters is 1. The molecule has 0 rings (SSSR count). The van der Waals surface area contributed by atoms with Crippen LogP contribution in [0.3, 0.4) is 0 Å². The molecule has 0 fully saturated rings. The van der Waals surface area contributed by atoms with Crippen LogP contribution in [0.1, 0.15) is 39.0 Å². The number of carbonyl (C=O) groups excluding carboxylic acids is 1. The van der Waals surface area contributed by atoms with Gasteiger partial charge in [-0.1, -0.05) is 32.1 Å². The molecule has 0 unspecified atom stereocenters. The van der Waals surface area contributed by atoms with E-state index >= 15 is 0 Å². The molecule has 0 aromatic heterocycles. The van der Waals surface area contributed by atoms with Gasteiger partial charge in [-0.3, -0.25) is 4.79 Å². The molecule has 0 amide bonds. The molecule has 0 bridgehead atoms. The Kier molecular flexibility index (Phi) is 9.21. The number of ether oxygens (including phenoxy) is 1. The van der Waals surface area contributed by atoms with Crippen molar-refractivity contribution in [1.29, 1.82) is 0 Å². The number of carbonyl (C=O) groups is 2. The van der Waals surface area contributed by atoms with Crippen molar-refractivity contribution in [2.45, 2.75) is 64.7 Å². The first-order chi connectivity index (χ1) is 9.26. The van der Waals surface area contributed by atoms with Gasteiger partial charge in [0, 0.05) is 20.1 Å². The maximum Gasteiger partial charge on any atom is 0.333 e. The first-order valence-electron chi connectivity index (χ1n) is 7.34. The topological polar surface area (TPSA) is 63.6 Å². The van der Waals surface area contributed by atoms with Gasteiger partial charge in [-0.2, -0.15) is 0 Å². The fourth-order valence-electron chi connectivity index (χ4n) is 1.90. The van der Waals surface area contributed by atoms with Crippen LogP contribution < -0.4 is 0 Å². The molecule has 0 aliphatic rings. The van der Waals surface area contributed by atoms with E-state index in [9.17, 15) is 9.59 Å². The Bertz CT molecular complexity index is 342. The van der Waals surface area contributed by atoms with Crippen molar-refractivity contribution in [3.05, 3.63) is 11.6 Å². The first-order valence-corrected chi connectivity index (χ1v) is 11.0. The molecular formula is C15H28O4Si. The Labute approximate surface area is 123 Å². The van der Waals surface area contributed by atoms with Crippen molar-refractivity contribution >= 4 is 20.0 Å². The maximum atomic E-state index is 11.9. The number of hydrogen-bond donors (Lipinski definition) is 1. The largest absolute Gasteiger partial charge is 0.481 e. The summed E-state index contributed by atoms with van der Waals surface area (Å²) in [7, 11) is -1.35. The van der Waals surface area contributed by atoms with E-state index in [1.54, 1.807) is 0 Å². The molecule has 0 atom stereocenters. The Balaban J connectivity index is 4.28. The van der Waals surface area contributed by atoms with Gasteiger partial charge in [0.05, 0.1) is 6.61 Å². The maximum absolute atomic E-state index is 11.9. The zero-order chi connectivity index (χ0) is 15.6. The molecule has 0 aliphatic heterocycles. The van der Waals surface area contributed by atoms with Crippen LogP contribution in [0.5, 0.6) is 0 Å². The number of carboxylic acids is 1. The van der Waals surface area contributed by atoms with Crippen LogP contribution in [0.15, 0.2) is 11.6 Å². The molecular weight excluding hydrogens is 272 g/mol. The summed E-state index contributed by atoms with van der Waals surface area (Å²) in [5.74, 6) is -0.938. The molecule has 0 aliphatic carbocycles. The lowest BCUT2D eigenvalue weighted by atomic mass is 10.1. The van der Waals surface area contributed by atoms with E-state index in [4.69, 9.17) is 9.84 Å². The predicted molar refractivity (Wildman–Crippen MR) is 83.6 cm³/mol. The van der Waals surface area contributed by atoms with Crippen molar-refractivity contribution in [1.82, 2.24) is 0 Å². The predicted octanol–water partition coefficient (Wildman–Crippen LogP) is 3.85. The molecule has 1 N–H and O–H groups in total. The van der Waals surface area contributed by atoms with Crippen LogP contribution in [0.4, 0.5) is 0 Å². The third kappa shape index (κ3) is 10.8. The highest BCUT2D eigenvalue weighted by molar-refractivity contribution is 6.77. The van der Waals surface area contributed by atoms with Gasteiger partial charge in [-0.05, 0) is 32.2 Å². The molecule has 0 saturated carbocycles. The van der Waals surface area contributed by atoms with Gasteiger partial charge in [-0.25, -0.2) is 4.79 Å². The van der Waals surface area contributed by atoms with Crippen molar-refractivity contribution < 1.29 is 19.4 Å². The van der Waals surface area contributed by atoms with Crippen LogP contribution in [0, 0.1) is 0 Å². The van der Waals surface area contributed by atoms with E-state index in [1.807, 2.05) is 13.0 Å². The summed E-state index contributed by atoms with van der Waals surface area (Å²) in [5, 5.41) is 8.55. The first kappa shape index (κ1) is 18.9. The molecule has 5 heteroatoms. The summed E-state index contributed by atoms with van der Waals surface area (Å²) >= 11 is 0. The third-order valence-corrected chi connectivity index (χ3v) is 4.19. The van der Waals surface area contributed by atoms with Gasteiger partial charge in [0.1, 0.15) is 0 Å². The minimum atomic E-state index is -1.35. The Morgan fingerprint density at radius 3 is 2.30 bits per heavy atom. The number of hydrogen-bond acceptors (Lipinski definition) is 3. The van der Waals surface area contributed by atoms with E-state index in [2.05, 4.69) is 19.6 Å². The minimum Gasteiger partial charge on any atom is -0.481 e. The Morgan fingerprint density at radius 2 is 1.80 bits per heavy atom. The van der Waals surface area contributed by atoms with Gasteiger partial charge in [0.2, 0.25) is 0 Å². The molecule has 0 heterocycles. The normalized spacial score (nSPS) is 12.3. The second-order valence-corrected chi connectivity index (χ2v) is 11.7. The Hall–Kier alpha value is -1.10. The number of rotatable bonds is 10. The second kappa shape index (κ2) is 9.75. The van der Waals surface area contributed by atoms with Crippen LogP contribution in [0.2, 0.25) is 25.7 Å². The number of carboxylic acid groups (broad SMARTS) is 1. The average molecular weight is 300 g/mol. The number of aliphatic carboxylic acids is 1. The third-order valence-electron chi connectivity index (χ3n) is 2.74. The smallest absolute Gasteiger partial charge is 0.333 e. The SMILES string of the molecule is CCOC(=O)/C(=C/CCCCCC(=O)O)C[Si](C)(C)C. The monoisotopic (exact) mass is 300 g/mol. The quantitative estimate of drug-likeness (QED) is 0.288. The lowest BCUT2D eigenvalue weighted by Crippen LogP contribution is -2.23. The van der Waals surface area contributed by atoms with Crippen molar-refractivity contribution in [2.24, 2.45) is 0 Å². The summed E-state index contributed by atoms with van der Waals surface area (Å²) in [4.78, 5) is 22.3. The summed E-state index contributed by atoms with van der Waals surface area (Å²) in [6.07, 6.45) is 5.53. The van der Waals surface area contributed by atoms with E-state index in [0.29, 0.717) is 13.0 Å². The fraction of sp³-hybridized carbons (Fsp3) is 0.733. The number of allylic oxidation sites excluding steroid dienone is 1.